The molecule has 1 amide bonds. The SMILES string of the molecule is COc1cnc(N2CC(C(=O)N3CCCC3)C2)nc1. The fourth-order valence-corrected chi connectivity index (χ4v) is 2.57. The van der Waals surface area contributed by atoms with Crippen molar-refractivity contribution in [3.8, 4) is 5.75 Å². The third-order valence-corrected chi connectivity index (χ3v) is 3.78. The molecule has 6 heteroatoms. The Morgan fingerprint density at radius 3 is 2.47 bits per heavy atom. The monoisotopic (exact) mass is 262 g/mol. The highest BCUT2D eigenvalue weighted by Gasteiger charge is 2.37. The summed E-state index contributed by atoms with van der Waals surface area (Å²) in [5.41, 5.74) is 0. The van der Waals surface area contributed by atoms with Crippen LogP contribution in [0.5, 0.6) is 5.75 Å². The van der Waals surface area contributed by atoms with Crippen molar-refractivity contribution in [1.29, 1.82) is 0 Å². The van der Waals surface area contributed by atoms with Crippen LogP contribution in [0.25, 0.3) is 0 Å². The fraction of sp³-hybridized carbons (Fsp3) is 0.615. The number of anilines is 1. The Balaban J connectivity index is 1.55. The lowest BCUT2D eigenvalue weighted by atomic mass is 9.99. The molecule has 0 aliphatic carbocycles. The van der Waals surface area contributed by atoms with Gasteiger partial charge in [0.15, 0.2) is 5.75 Å². The van der Waals surface area contributed by atoms with E-state index in [1.165, 1.54) is 0 Å². The van der Waals surface area contributed by atoms with Crippen LogP contribution in [0.15, 0.2) is 12.4 Å². The Morgan fingerprint density at radius 1 is 1.26 bits per heavy atom. The number of methoxy groups -OCH3 is 1. The first-order valence-electron chi connectivity index (χ1n) is 6.67. The van der Waals surface area contributed by atoms with Crippen molar-refractivity contribution in [1.82, 2.24) is 14.9 Å². The van der Waals surface area contributed by atoms with Crippen LogP contribution in [-0.2, 0) is 4.79 Å². The largest absolute Gasteiger partial charge is 0.494 e. The highest BCUT2D eigenvalue weighted by molar-refractivity contribution is 5.82. The van der Waals surface area contributed by atoms with Gasteiger partial charge in [-0.25, -0.2) is 9.97 Å². The van der Waals surface area contributed by atoms with E-state index < -0.39 is 0 Å². The third-order valence-electron chi connectivity index (χ3n) is 3.78. The molecule has 3 heterocycles. The number of hydrogen-bond acceptors (Lipinski definition) is 5. The van der Waals surface area contributed by atoms with Crippen LogP contribution in [-0.4, -0.2) is 54.1 Å². The number of hydrogen-bond donors (Lipinski definition) is 0. The van der Waals surface area contributed by atoms with Crippen LogP contribution in [0, 0.1) is 5.92 Å². The van der Waals surface area contributed by atoms with Gasteiger partial charge >= 0.3 is 0 Å². The quantitative estimate of drug-likeness (QED) is 0.796. The summed E-state index contributed by atoms with van der Waals surface area (Å²) in [7, 11) is 1.59. The topological polar surface area (TPSA) is 58.6 Å². The van der Waals surface area contributed by atoms with E-state index in [-0.39, 0.29) is 5.92 Å². The molecule has 0 aromatic carbocycles. The van der Waals surface area contributed by atoms with Gasteiger partial charge in [-0.15, -0.1) is 0 Å². The summed E-state index contributed by atoms with van der Waals surface area (Å²) in [5.74, 6) is 1.73. The van der Waals surface area contributed by atoms with Gasteiger partial charge in [-0.3, -0.25) is 4.79 Å². The molecule has 102 valence electrons. The molecule has 2 fully saturated rings. The molecule has 19 heavy (non-hydrogen) atoms. The molecule has 0 unspecified atom stereocenters. The van der Waals surface area contributed by atoms with Crippen molar-refractivity contribution in [3.63, 3.8) is 0 Å². The first-order chi connectivity index (χ1) is 9.28. The van der Waals surface area contributed by atoms with Gasteiger partial charge in [0.1, 0.15) is 0 Å². The zero-order valence-corrected chi connectivity index (χ0v) is 11.1. The molecular weight excluding hydrogens is 244 g/mol. The number of rotatable bonds is 3. The summed E-state index contributed by atoms with van der Waals surface area (Å²) < 4.78 is 5.02. The molecule has 0 radical (unpaired) electrons. The molecule has 1 aromatic rings. The number of amides is 1. The van der Waals surface area contributed by atoms with E-state index in [0.717, 1.165) is 39.0 Å². The molecular formula is C13H18N4O2. The lowest BCUT2D eigenvalue weighted by molar-refractivity contribution is -0.135. The Hall–Kier alpha value is -1.85. The standard InChI is InChI=1S/C13H18N4O2/c1-19-11-6-14-13(15-7-11)17-8-10(9-17)12(18)16-4-2-3-5-16/h6-7,10H,2-5,8-9H2,1H3. The lowest BCUT2D eigenvalue weighted by Gasteiger charge is -2.39. The molecule has 3 rings (SSSR count). The fourth-order valence-electron chi connectivity index (χ4n) is 2.57. The molecule has 1 aromatic heterocycles. The van der Waals surface area contributed by atoms with Crippen molar-refractivity contribution < 1.29 is 9.53 Å². The number of aromatic nitrogens is 2. The Labute approximate surface area is 112 Å². The second-order valence-corrected chi connectivity index (χ2v) is 5.06. The number of carbonyl (C=O) groups is 1. The van der Waals surface area contributed by atoms with Crippen molar-refractivity contribution in [2.24, 2.45) is 5.92 Å². The minimum atomic E-state index is 0.115. The number of carbonyl (C=O) groups excluding carboxylic acids is 1. The van der Waals surface area contributed by atoms with E-state index >= 15 is 0 Å². The highest BCUT2D eigenvalue weighted by atomic mass is 16.5. The molecule has 2 aliphatic heterocycles. The number of likely N-dealkylation sites (tertiary alicyclic amines) is 1. The summed E-state index contributed by atoms with van der Waals surface area (Å²) >= 11 is 0. The smallest absolute Gasteiger partial charge is 0.229 e. The maximum atomic E-state index is 12.1. The van der Waals surface area contributed by atoms with Gasteiger partial charge < -0.3 is 14.5 Å². The average molecular weight is 262 g/mol. The summed E-state index contributed by atoms with van der Waals surface area (Å²) in [6, 6.07) is 0. The van der Waals surface area contributed by atoms with Gasteiger partial charge in [0, 0.05) is 26.2 Å². The summed E-state index contributed by atoms with van der Waals surface area (Å²) in [4.78, 5) is 24.6. The normalized spacial score (nSPS) is 19.4. The second kappa shape index (κ2) is 5.03. The van der Waals surface area contributed by atoms with E-state index in [2.05, 4.69) is 9.97 Å². The first kappa shape index (κ1) is 12.2. The van der Waals surface area contributed by atoms with Gasteiger partial charge in [0.05, 0.1) is 25.4 Å². The van der Waals surface area contributed by atoms with Gasteiger partial charge in [0.2, 0.25) is 11.9 Å². The molecule has 0 saturated carbocycles. The van der Waals surface area contributed by atoms with E-state index in [1.54, 1.807) is 19.5 Å². The van der Waals surface area contributed by atoms with Crippen molar-refractivity contribution in [2.75, 3.05) is 38.2 Å². The minimum absolute atomic E-state index is 0.115. The molecule has 0 bridgehead atoms. The zero-order chi connectivity index (χ0) is 13.2. The summed E-state index contributed by atoms with van der Waals surface area (Å²) in [6.07, 6.45) is 5.59. The number of ether oxygens (including phenoxy) is 1. The Morgan fingerprint density at radius 2 is 1.89 bits per heavy atom. The molecule has 0 spiro atoms. The predicted molar refractivity (Wildman–Crippen MR) is 70.1 cm³/mol. The number of nitrogens with zero attached hydrogens (tertiary/aromatic N) is 4. The van der Waals surface area contributed by atoms with Crippen molar-refractivity contribution in [3.05, 3.63) is 12.4 Å². The van der Waals surface area contributed by atoms with Crippen LogP contribution >= 0.6 is 0 Å². The van der Waals surface area contributed by atoms with Gasteiger partial charge in [-0.05, 0) is 12.8 Å². The maximum Gasteiger partial charge on any atom is 0.229 e. The van der Waals surface area contributed by atoms with Crippen LogP contribution in [0.1, 0.15) is 12.8 Å². The van der Waals surface area contributed by atoms with E-state index in [1.807, 2.05) is 9.80 Å². The van der Waals surface area contributed by atoms with E-state index in [4.69, 9.17) is 4.74 Å². The second-order valence-electron chi connectivity index (χ2n) is 5.06. The van der Waals surface area contributed by atoms with Crippen LogP contribution < -0.4 is 9.64 Å². The summed E-state index contributed by atoms with van der Waals surface area (Å²) in [6.45, 7) is 3.30. The Bertz CT molecular complexity index is 450. The van der Waals surface area contributed by atoms with E-state index in [9.17, 15) is 4.79 Å². The van der Waals surface area contributed by atoms with Gasteiger partial charge in [-0.1, -0.05) is 0 Å². The molecule has 6 nitrogen and oxygen atoms in total. The molecule has 2 saturated heterocycles. The summed E-state index contributed by atoms with van der Waals surface area (Å²) in [5, 5.41) is 0. The van der Waals surface area contributed by atoms with Crippen molar-refractivity contribution >= 4 is 11.9 Å². The first-order valence-corrected chi connectivity index (χ1v) is 6.67. The van der Waals surface area contributed by atoms with Crippen LogP contribution in [0.4, 0.5) is 5.95 Å². The molecule has 0 atom stereocenters. The maximum absolute atomic E-state index is 12.1. The van der Waals surface area contributed by atoms with E-state index in [0.29, 0.717) is 17.6 Å². The predicted octanol–water partition coefficient (Wildman–Crippen LogP) is 0.544. The Kier molecular flexibility index (Phi) is 3.23. The highest BCUT2D eigenvalue weighted by Crippen LogP contribution is 2.24. The van der Waals surface area contributed by atoms with Crippen LogP contribution in [0.3, 0.4) is 0 Å². The minimum Gasteiger partial charge on any atom is -0.494 e. The zero-order valence-electron chi connectivity index (χ0n) is 11.1. The lowest BCUT2D eigenvalue weighted by Crippen LogP contribution is -2.54. The third kappa shape index (κ3) is 2.34. The molecule has 2 aliphatic rings. The average Bonchev–Trinajstić information content (AvgIpc) is 2.91. The van der Waals surface area contributed by atoms with Gasteiger partial charge in [0.25, 0.3) is 0 Å². The molecule has 0 N–H and O–H groups in total. The van der Waals surface area contributed by atoms with Gasteiger partial charge in [-0.2, -0.15) is 0 Å². The van der Waals surface area contributed by atoms with Crippen LogP contribution in [0.2, 0.25) is 0 Å². The van der Waals surface area contributed by atoms with Crippen molar-refractivity contribution in [2.45, 2.75) is 12.8 Å².